The van der Waals surface area contributed by atoms with Crippen LogP contribution in [0.3, 0.4) is 0 Å². The van der Waals surface area contributed by atoms with Crippen LogP contribution in [-0.2, 0) is 4.79 Å². The second-order valence-corrected chi connectivity index (χ2v) is 19.0. The van der Waals surface area contributed by atoms with Gasteiger partial charge in [-0.2, -0.15) is 0 Å². The molecule has 0 rings (SSSR count). The first-order valence-electron chi connectivity index (χ1n) is 27.2. The lowest BCUT2D eigenvalue weighted by atomic mass is 10.0. The van der Waals surface area contributed by atoms with Crippen LogP contribution in [0.15, 0.2) is 0 Å². The summed E-state index contributed by atoms with van der Waals surface area (Å²) in [6.45, 7) is 4.40. The predicted molar refractivity (Wildman–Crippen MR) is 258 cm³/mol. The first-order chi connectivity index (χ1) is 28.7. The molecule has 0 saturated carbocycles. The van der Waals surface area contributed by atoms with E-state index in [0.29, 0.717) is 12.8 Å². The van der Waals surface area contributed by atoms with E-state index >= 15 is 0 Å². The molecule has 0 aliphatic carbocycles. The van der Waals surface area contributed by atoms with Crippen molar-refractivity contribution < 1.29 is 15.0 Å². The molecule has 4 heteroatoms. The highest BCUT2D eigenvalue weighted by Crippen LogP contribution is 2.18. The van der Waals surface area contributed by atoms with Gasteiger partial charge in [-0.15, -0.1) is 0 Å². The molecule has 4 nitrogen and oxygen atoms in total. The van der Waals surface area contributed by atoms with Crippen molar-refractivity contribution >= 4 is 5.91 Å². The molecule has 0 fully saturated rings. The highest BCUT2D eigenvalue weighted by molar-refractivity contribution is 5.76. The normalized spacial score (nSPS) is 12.7. The van der Waals surface area contributed by atoms with Crippen molar-refractivity contribution in [2.75, 3.05) is 6.61 Å². The van der Waals surface area contributed by atoms with E-state index in [9.17, 15) is 15.0 Å². The van der Waals surface area contributed by atoms with Gasteiger partial charge in [-0.25, -0.2) is 0 Å². The van der Waals surface area contributed by atoms with E-state index in [4.69, 9.17) is 0 Å². The number of nitrogens with one attached hydrogen (secondary N) is 1. The molecule has 0 spiro atoms. The highest BCUT2D eigenvalue weighted by Gasteiger charge is 2.20. The topological polar surface area (TPSA) is 69.6 Å². The van der Waals surface area contributed by atoms with E-state index in [-0.39, 0.29) is 12.5 Å². The Morgan fingerprint density at radius 1 is 0.345 bits per heavy atom. The Morgan fingerprint density at radius 2 is 0.552 bits per heavy atom. The van der Waals surface area contributed by atoms with E-state index in [1.807, 2.05) is 0 Å². The van der Waals surface area contributed by atoms with E-state index < -0.39 is 12.1 Å². The summed E-state index contributed by atoms with van der Waals surface area (Å²) < 4.78 is 0. The van der Waals surface area contributed by atoms with Gasteiger partial charge < -0.3 is 15.5 Å². The number of carbonyl (C=O) groups excluding carboxylic acids is 1. The van der Waals surface area contributed by atoms with Crippen molar-refractivity contribution in [2.24, 2.45) is 0 Å². The Bertz CT molecular complexity index is 759. The number of rotatable bonds is 51. The van der Waals surface area contributed by atoms with Crippen LogP contribution < -0.4 is 5.32 Å². The summed E-state index contributed by atoms with van der Waals surface area (Å²) in [5, 5.41) is 23.3. The van der Waals surface area contributed by atoms with Gasteiger partial charge in [0.2, 0.25) is 5.91 Å². The molecule has 0 aromatic rings. The number of unbranched alkanes of at least 4 members (excludes halogenated alkanes) is 44. The third-order valence-corrected chi connectivity index (χ3v) is 13.1. The van der Waals surface area contributed by atoms with Crippen molar-refractivity contribution in [3.8, 4) is 0 Å². The summed E-state index contributed by atoms with van der Waals surface area (Å²) in [7, 11) is 0. The van der Waals surface area contributed by atoms with Crippen LogP contribution in [0, 0.1) is 0 Å². The molecule has 0 aliphatic rings. The van der Waals surface area contributed by atoms with E-state index in [1.165, 1.54) is 270 Å². The zero-order valence-electron chi connectivity index (χ0n) is 40.1. The SMILES string of the molecule is CCCCCCCCCCCCCCCCCCCCCCCCCCCCCCCC(=O)N[C@@H](CO)[C@H](O)CCCCCCCCCCCCCCCCCCC. The predicted octanol–water partition coefficient (Wildman–Crippen LogP) is 17.6. The second-order valence-electron chi connectivity index (χ2n) is 19.0. The number of amides is 1. The van der Waals surface area contributed by atoms with Crippen LogP contribution in [0.25, 0.3) is 0 Å². The van der Waals surface area contributed by atoms with Crippen LogP contribution in [0.2, 0.25) is 0 Å². The van der Waals surface area contributed by atoms with Crippen LogP contribution in [0.4, 0.5) is 0 Å². The van der Waals surface area contributed by atoms with Gasteiger partial charge in [0.05, 0.1) is 18.8 Å². The number of aliphatic hydroxyl groups is 2. The lowest BCUT2D eigenvalue weighted by molar-refractivity contribution is -0.123. The smallest absolute Gasteiger partial charge is 0.220 e. The standard InChI is InChI=1S/C54H109NO3/c1-3-5-7-9-11-13-15-17-19-21-22-23-24-25-26-27-28-29-30-31-32-34-36-38-40-42-44-46-48-50-54(58)55-52(51-56)53(57)49-47-45-43-41-39-37-35-33-20-18-16-14-12-10-8-6-4-2/h52-53,56-57H,3-51H2,1-2H3,(H,55,58)/t52-,53+/m0/s1. The van der Waals surface area contributed by atoms with Crippen molar-refractivity contribution in [3.63, 3.8) is 0 Å². The second kappa shape index (κ2) is 50.7. The van der Waals surface area contributed by atoms with Gasteiger partial charge in [-0.05, 0) is 12.8 Å². The molecule has 1 amide bonds. The molecule has 58 heavy (non-hydrogen) atoms. The lowest BCUT2D eigenvalue weighted by Gasteiger charge is -2.22. The Kier molecular flexibility index (Phi) is 50.2. The fraction of sp³-hybridized carbons (Fsp3) is 0.981. The highest BCUT2D eigenvalue weighted by atomic mass is 16.3. The van der Waals surface area contributed by atoms with E-state index in [0.717, 1.165) is 25.7 Å². The van der Waals surface area contributed by atoms with E-state index in [1.54, 1.807) is 0 Å². The Labute approximate surface area is 365 Å². The maximum absolute atomic E-state index is 12.5. The first-order valence-corrected chi connectivity index (χ1v) is 27.2. The van der Waals surface area contributed by atoms with Gasteiger partial charge >= 0.3 is 0 Å². The summed E-state index contributed by atoms with van der Waals surface area (Å²) in [5.74, 6) is -0.0227. The number of carbonyl (C=O) groups is 1. The molecule has 3 N–H and O–H groups in total. The number of hydrogen-bond donors (Lipinski definition) is 3. The number of aliphatic hydroxyl groups excluding tert-OH is 2. The molecule has 0 aromatic heterocycles. The minimum atomic E-state index is -0.654. The Balaban J connectivity index is 3.38. The minimum absolute atomic E-state index is 0.0227. The minimum Gasteiger partial charge on any atom is -0.394 e. The fourth-order valence-electron chi connectivity index (χ4n) is 8.95. The third kappa shape index (κ3) is 46.5. The largest absolute Gasteiger partial charge is 0.394 e. The monoisotopic (exact) mass is 820 g/mol. The quantitative estimate of drug-likeness (QED) is 0.0536. The zero-order chi connectivity index (χ0) is 42.1. The molecule has 2 atom stereocenters. The van der Waals surface area contributed by atoms with Crippen molar-refractivity contribution in [1.29, 1.82) is 0 Å². The molecule has 0 bridgehead atoms. The van der Waals surface area contributed by atoms with Crippen LogP contribution >= 0.6 is 0 Å². The Hall–Kier alpha value is -0.610. The number of hydrogen-bond acceptors (Lipinski definition) is 3. The van der Waals surface area contributed by atoms with Gasteiger partial charge in [0.1, 0.15) is 0 Å². The van der Waals surface area contributed by atoms with Crippen LogP contribution in [-0.4, -0.2) is 34.9 Å². The Morgan fingerprint density at radius 3 is 0.776 bits per heavy atom. The summed E-state index contributed by atoms with van der Waals surface area (Å²) in [6.07, 6.45) is 63.7. The molecule has 0 unspecified atom stereocenters. The van der Waals surface area contributed by atoms with Gasteiger partial charge in [-0.3, -0.25) is 4.79 Å². The molecule has 0 radical (unpaired) electrons. The zero-order valence-corrected chi connectivity index (χ0v) is 40.1. The average Bonchev–Trinajstić information content (AvgIpc) is 3.23. The molecule has 348 valence electrons. The van der Waals surface area contributed by atoms with Crippen LogP contribution in [0.1, 0.15) is 322 Å². The van der Waals surface area contributed by atoms with E-state index in [2.05, 4.69) is 19.2 Å². The summed E-state index contributed by atoms with van der Waals surface area (Å²) in [4.78, 5) is 12.5. The van der Waals surface area contributed by atoms with Crippen molar-refractivity contribution in [3.05, 3.63) is 0 Å². The molecule has 0 aromatic carbocycles. The first kappa shape index (κ1) is 57.4. The summed E-state index contributed by atoms with van der Waals surface area (Å²) in [6, 6.07) is -0.530. The maximum atomic E-state index is 12.5. The maximum Gasteiger partial charge on any atom is 0.220 e. The van der Waals surface area contributed by atoms with Gasteiger partial charge in [0.15, 0.2) is 0 Å². The molecular formula is C54H109NO3. The van der Waals surface area contributed by atoms with Gasteiger partial charge in [-0.1, -0.05) is 303 Å². The van der Waals surface area contributed by atoms with Crippen molar-refractivity contribution in [1.82, 2.24) is 5.32 Å². The molecule has 0 aliphatic heterocycles. The third-order valence-electron chi connectivity index (χ3n) is 13.1. The fourth-order valence-corrected chi connectivity index (χ4v) is 8.95. The lowest BCUT2D eigenvalue weighted by Crippen LogP contribution is -2.45. The van der Waals surface area contributed by atoms with Gasteiger partial charge in [0, 0.05) is 6.42 Å². The molecular weight excluding hydrogens is 711 g/mol. The summed E-state index contributed by atoms with van der Waals surface area (Å²) >= 11 is 0. The van der Waals surface area contributed by atoms with Crippen LogP contribution in [0.5, 0.6) is 0 Å². The van der Waals surface area contributed by atoms with Gasteiger partial charge in [0.25, 0.3) is 0 Å². The molecule has 0 saturated heterocycles. The molecule has 0 heterocycles. The summed E-state index contributed by atoms with van der Waals surface area (Å²) in [5.41, 5.74) is 0. The average molecular weight is 820 g/mol. The van der Waals surface area contributed by atoms with Crippen molar-refractivity contribution in [2.45, 2.75) is 334 Å².